The Morgan fingerprint density at radius 2 is 1.82 bits per heavy atom. The van der Waals surface area contributed by atoms with Crippen LogP contribution in [0.5, 0.6) is 0 Å². The standard InChI is InChI=1S/C20H19N5O2S/c1-13-5-4-6-14(2)18(13)25(15(3)26)20-23-17(12-28-20)11-22-24-19(27)16-7-9-21-10-8-16/h4-12H,1-3H3,(H,24,27)/b22-11-. The van der Waals surface area contributed by atoms with E-state index in [4.69, 9.17) is 0 Å². The Morgan fingerprint density at radius 3 is 2.46 bits per heavy atom. The first-order chi connectivity index (χ1) is 13.5. The van der Waals surface area contributed by atoms with Crippen LogP contribution in [0.4, 0.5) is 10.8 Å². The van der Waals surface area contributed by atoms with Gasteiger partial charge in [-0.15, -0.1) is 11.3 Å². The van der Waals surface area contributed by atoms with E-state index in [0.717, 1.165) is 16.8 Å². The maximum atomic E-state index is 12.3. The molecular weight excluding hydrogens is 374 g/mol. The molecule has 3 aromatic rings. The molecule has 0 unspecified atom stereocenters. The molecule has 1 aromatic carbocycles. The highest BCUT2D eigenvalue weighted by Crippen LogP contribution is 2.33. The fraction of sp³-hybridized carbons (Fsp3) is 0.150. The van der Waals surface area contributed by atoms with Crippen molar-refractivity contribution >= 4 is 40.2 Å². The van der Waals surface area contributed by atoms with Gasteiger partial charge in [-0.05, 0) is 37.1 Å². The van der Waals surface area contributed by atoms with Gasteiger partial charge in [0.2, 0.25) is 5.91 Å². The van der Waals surface area contributed by atoms with Crippen molar-refractivity contribution < 1.29 is 9.59 Å². The lowest BCUT2D eigenvalue weighted by Crippen LogP contribution is -2.24. The summed E-state index contributed by atoms with van der Waals surface area (Å²) in [5.41, 5.74) is 6.27. The summed E-state index contributed by atoms with van der Waals surface area (Å²) in [6.45, 7) is 5.43. The molecule has 0 bridgehead atoms. The zero-order valence-corrected chi connectivity index (χ0v) is 16.5. The Morgan fingerprint density at radius 1 is 1.14 bits per heavy atom. The van der Waals surface area contributed by atoms with E-state index < -0.39 is 0 Å². The van der Waals surface area contributed by atoms with Crippen LogP contribution in [0.25, 0.3) is 0 Å². The third-order valence-corrected chi connectivity index (χ3v) is 4.83. The average molecular weight is 393 g/mol. The number of aryl methyl sites for hydroxylation is 2. The minimum absolute atomic E-state index is 0.124. The zero-order valence-electron chi connectivity index (χ0n) is 15.7. The van der Waals surface area contributed by atoms with Gasteiger partial charge in [0.1, 0.15) is 0 Å². The minimum Gasteiger partial charge on any atom is -0.274 e. The first kappa shape index (κ1) is 19.4. The maximum Gasteiger partial charge on any atom is 0.271 e. The van der Waals surface area contributed by atoms with Gasteiger partial charge in [0.25, 0.3) is 5.91 Å². The van der Waals surface area contributed by atoms with Crippen LogP contribution in [0.3, 0.4) is 0 Å². The lowest BCUT2D eigenvalue weighted by molar-refractivity contribution is -0.115. The predicted octanol–water partition coefficient (Wildman–Crippen LogP) is 3.60. The van der Waals surface area contributed by atoms with Crippen molar-refractivity contribution in [2.24, 2.45) is 5.10 Å². The summed E-state index contributed by atoms with van der Waals surface area (Å²) >= 11 is 1.34. The number of amides is 2. The summed E-state index contributed by atoms with van der Waals surface area (Å²) in [5.74, 6) is -0.462. The van der Waals surface area contributed by atoms with Gasteiger partial charge in [-0.25, -0.2) is 10.4 Å². The Balaban J connectivity index is 1.78. The van der Waals surface area contributed by atoms with E-state index in [9.17, 15) is 9.59 Å². The number of thiazole rings is 1. The molecule has 28 heavy (non-hydrogen) atoms. The molecule has 142 valence electrons. The van der Waals surface area contributed by atoms with Crippen LogP contribution >= 0.6 is 11.3 Å². The number of aromatic nitrogens is 2. The number of hydrogen-bond acceptors (Lipinski definition) is 6. The zero-order chi connectivity index (χ0) is 20.1. The van der Waals surface area contributed by atoms with Crippen LogP contribution in [0.1, 0.15) is 34.1 Å². The quantitative estimate of drug-likeness (QED) is 0.530. The number of rotatable bonds is 5. The van der Waals surface area contributed by atoms with Crippen LogP contribution in [0.2, 0.25) is 0 Å². The Bertz CT molecular complexity index is 1010. The van der Waals surface area contributed by atoms with Crippen LogP contribution in [0.15, 0.2) is 53.2 Å². The van der Waals surface area contributed by atoms with Crippen LogP contribution < -0.4 is 10.3 Å². The number of nitrogens with one attached hydrogen (secondary N) is 1. The van der Waals surface area contributed by atoms with E-state index in [0.29, 0.717) is 16.4 Å². The molecule has 0 saturated carbocycles. The van der Waals surface area contributed by atoms with Crippen LogP contribution in [-0.2, 0) is 4.79 Å². The smallest absolute Gasteiger partial charge is 0.271 e. The van der Waals surface area contributed by atoms with Gasteiger partial charge in [0, 0.05) is 30.3 Å². The molecule has 2 heterocycles. The second-order valence-corrected chi connectivity index (χ2v) is 6.92. The molecule has 0 radical (unpaired) electrons. The van der Waals surface area contributed by atoms with Crippen molar-refractivity contribution in [3.63, 3.8) is 0 Å². The van der Waals surface area contributed by atoms with E-state index in [2.05, 4.69) is 20.5 Å². The summed E-state index contributed by atoms with van der Waals surface area (Å²) in [6.07, 6.45) is 4.52. The molecule has 7 nitrogen and oxygen atoms in total. The number of hydrogen-bond donors (Lipinski definition) is 1. The summed E-state index contributed by atoms with van der Waals surface area (Å²) in [4.78, 5) is 34.2. The van der Waals surface area contributed by atoms with Crippen molar-refractivity contribution in [1.82, 2.24) is 15.4 Å². The van der Waals surface area contributed by atoms with E-state index in [1.165, 1.54) is 36.9 Å². The van der Waals surface area contributed by atoms with Gasteiger partial charge in [-0.3, -0.25) is 19.5 Å². The highest BCUT2D eigenvalue weighted by molar-refractivity contribution is 7.14. The van der Waals surface area contributed by atoms with Gasteiger partial charge in [0.05, 0.1) is 17.6 Å². The number of pyridine rings is 1. The third kappa shape index (κ3) is 4.29. The van der Waals surface area contributed by atoms with E-state index in [1.807, 2.05) is 32.0 Å². The molecular formula is C20H19N5O2S. The molecule has 2 aromatic heterocycles. The predicted molar refractivity (Wildman–Crippen MR) is 110 cm³/mol. The lowest BCUT2D eigenvalue weighted by Gasteiger charge is -2.22. The number of carbonyl (C=O) groups is 2. The first-order valence-corrected chi connectivity index (χ1v) is 9.41. The fourth-order valence-electron chi connectivity index (χ4n) is 2.71. The fourth-order valence-corrected chi connectivity index (χ4v) is 3.53. The molecule has 2 amide bonds. The topological polar surface area (TPSA) is 87.5 Å². The average Bonchev–Trinajstić information content (AvgIpc) is 3.13. The number of benzene rings is 1. The van der Waals surface area contributed by atoms with Crippen molar-refractivity contribution in [2.75, 3.05) is 4.90 Å². The maximum absolute atomic E-state index is 12.3. The molecule has 0 aliphatic heterocycles. The summed E-state index contributed by atoms with van der Waals surface area (Å²) < 4.78 is 0. The second kappa shape index (κ2) is 8.53. The highest BCUT2D eigenvalue weighted by atomic mass is 32.1. The van der Waals surface area contributed by atoms with Crippen LogP contribution in [0, 0.1) is 13.8 Å². The Kier molecular flexibility index (Phi) is 5.90. The minimum atomic E-state index is -0.338. The highest BCUT2D eigenvalue weighted by Gasteiger charge is 2.21. The van der Waals surface area contributed by atoms with Crippen molar-refractivity contribution in [1.29, 1.82) is 0 Å². The van der Waals surface area contributed by atoms with Gasteiger partial charge in [0.15, 0.2) is 5.13 Å². The number of nitrogens with zero attached hydrogens (tertiary/aromatic N) is 4. The molecule has 8 heteroatoms. The summed E-state index contributed by atoms with van der Waals surface area (Å²) in [5, 5.41) is 6.27. The molecule has 1 N–H and O–H groups in total. The number of hydrazone groups is 1. The van der Waals surface area contributed by atoms with E-state index in [-0.39, 0.29) is 11.8 Å². The molecule has 0 spiro atoms. The van der Waals surface area contributed by atoms with Crippen molar-refractivity contribution in [3.05, 3.63) is 70.5 Å². The van der Waals surface area contributed by atoms with Gasteiger partial charge in [-0.2, -0.15) is 5.10 Å². The van der Waals surface area contributed by atoms with Crippen molar-refractivity contribution in [3.8, 4) is 0 Å². The summed E-state index contributed by atoms with van der Waals surface area (Å²) in [7, 11) is 0. The van der Waals surface area contributed by atoms with E-state index >= 15 is 0 Å². The van der Waals surface area contributed by atoms with E-state index in [1.54, 1.807) is 22.4 Å². The second-order valence-electron chi connectivity index (χ2n) is 6.08. The Labute approximate surface area is 166 Å². The summed E-state index contributed by atoms with van der Waals surface area (Å²) in [6, 6.07) is 9.08. The van der Waals surface area contributed by atoms with Crippen molar-refractivity contribution in [2.45, 2.75) is 20.8 Å². The lowest BCUT2D eigenvalue weighted by atomic mass is 10.1. The molecule has 0 aliphatic rings. The Hall–Kier alpha value is -3.39. The number of para-hydroxylation sites is 1. The largest absolute Gasteiger partial charge is 0.274 e. The van der Waals surface area contributed by atoms with Gasteiger partial charge >= 0.3 is 0 Å². The number of carbonyl (C=O) groups excluding carboxylic acids is 2. The molecule has 3 rings (SSSR count). The first-order valence-electron chi connectivity index (χ1n) is 8.53. The molecule has 0 atom stereocenters. The molecule has 0 fully saturated rings. The monoisotopic (exact) mass is 393 g/mol. The number of anilines is 2. The van der Waals surface area contributed by atoms with Crippen LogP contribution in [-0.4, -0.2) is 28.0 Å². The van der Waals surface area contributed by atoms with Gasteiger partial charge < -0.3 is 0 Å². The molecule has 0 aliphatic carbocycles. The molecule has 0 saturated heterocycles. The normalized spacial score (nSPS) is 10.8. The SMILES string of the molecule is CC(=O)N(c1nc(/C=N\NC(=O)c2ccncc2)cs1)c1c(C)cccc1C. The van der Waals surface area contributed by atoms with Gasteiger partial charge in [-0.1, -0.05) is 18.2 Å². The third-order valence-electron chi connectivity index (χ3n) is 3.98.